The van der Waals surface area contributed by atoms with Gasteiger partial charge in [0.15, 0.2) is 5.65 Å². The molecule has 1 aliphatic rings. The highest BCUT2D eigenvalue weighted by molar-refractivity contribution is 6.35. The third-order valence-electron chi connectivity index (χ3n) is 4.81. The topological polar surface area (TPSA) is 80.5 Å². The third-order valence-corrected chi connectivity index (χ3v) is 5.12. The molecule has 1 aliphatic heterocycles. The highest BCUT2D eigenvalue weighted by atomic mass is 35.5. The summed E-state index contributed by atoms with van der Waals surface area (Å²) in [4.78, 5) is 18.0. The van der Waals surface area contributed by atoms with Crippen LogP contribution in [0.4, 0.5) is 13.2 Å². The summed E-state index contributed by atoms with van der Waals surface area (Å²) in [5.74, 6) is -0.633. The second kappa shape index (κ2) is 8.20. The van der Waals surface area contributed by atoms with Crippen LogP contribution >= 0.6 is 11.6 Å². The molecule has 1 amide bonds. The van der Waals surface area contributed by atoms with E-state index in [4.69, 9.17) is 16.7 Å². The number of benzene rings is 1. The number of likely N-dealkylation sites (tertiary alicyclic amines) is 1. The molecule has 0 spiro atoms. The molecule has 3 aromatic rings. The van der Waals surface area contributed by atoms with Gasteiger partial charge in [0.2, 0.25) is 5.91 Å². The Kier molecular flexibility index (Phi) is 5.59. The molecule has 7 nitrogen and oxygen atoms in total. The summed E-state index contributed by atoms with van der Waals surface area (Å²) >= 11 is 6.40. The summed E-state index contributed by atoms with van der Waals surface area (Å²) in [6.45, 7) is 0.626. The number of hydrogen-bond acceptors (Lipinski definition) is 5. The number of nitrogens with zero attached hydrogens (tertiary/aromatic N) is 4. The number of alkyl halides is 3. The largest absolute Gasteiger partial charge is 0.573 e. The summed E-state index contributed by atoms with van der Waals surface area (Å²) in [6, 6.07) is 6.90. The van der Waals surface area contributed by atoms with Gasteiger partial charge in [-0.2, -0.15) is 5.10 Å². The van der Waals surface area contributed by atoms with Gasteiger partial charge in [-0.15, -0.1) is 13.2 Å². The number of carbonyl (C=O) groups is 1. The molecule has 162 valence electrons. The molecular weight excluding hydrogens is 437 g/mol. The maximum atomic E-state index is 12.4. The Morgan fingerprint density at radius 3 is 2.61 bits per heavy atom. The normalized spacial score (nSPS) is 14.9. The zero-order valence-electron chi connectivity index (χ0n) is 15.9. The highest BCUT2D eigenvalue weighted by Crippen LogP contribution is 2.36. The number of hydrogen-bond donors (Lipinski definition) is 1. The summed E-state index contributed by atoms with van der Waals surface area (Å²) in [6.07, 6.45) is -0.578. The van der Waals surface area contributed by atoms with Crippen LogP contribution < -0.4 is 4.74 Å². The lowest BCUT2D eigenvalue weighted by atomic mass is 9.94. The van der Waals surface area contributed by atoms with Crippen LogP contribution in [-0.4, -0.2) is 56.7 Å². The van der Waals surface area contributed by atoms with Crippen molar-refractivity contribution >= 4 is 28.5 Å². The van der Waals surface area contributed by atoms with Gasteiger partial charge in [-0.25, -0.2) is 9.67 Å². The van der Waals surface area contributed by atoms with Crippen molar-refractivity contribution in [2.24, 2.45) is 0 Å². The SMILES string of the molecule is O=C(/C=C/CO)N1CC(c2nn(-c3ccc(OC(F)(F)F)cc3)c3nccc(Cl)c23)C1. The van der Waals surface area contributed by atoms with Crippen LogP contribution in [0.25, 0.3) is 16.7 Å². The van der Waals surface area contributed by atoms with Gasteiger partial charge in [0.05, 0.1) is 28.4 Å². The molecule has 1 N–H and O–H groups in total. The predicted octanol–water partition coefficient (Wildman–Crippen LogP) is 3.45. The van der Waals surface area contributed by atoms with Crippen molar-refractivity contribution in [2.75, 3.05) is 19.7 Å². The number of aliphatic hydroxyl groups excluding tert-OH is 1. The number of pyridine rings is 1. The van der Waals surface area contributed by atoms with Gasteiger partial charge in [0.25, 0.3) is 0 Å². The van der Waals surface area contributed by atoms with Crippen molar-refractivity contribution in [1.82, 2.24) is 19.7 Å². The van der Waals surface area contributed by atoms with Crippen LogP contribution in [0, 0.1) is 0 Å². The van der Waals surface area contributed by atoms with Crippen molar-refractivity contribution in [2.45, 2.75) is 12.3 Å². The van der Waals surface area contributed by atoms with Gasteiger partial charge >= 0.3 is 6.36 Å². The monoisotopic (exact) mass is 452 g/mol. The van der Waals surface area contributed by atoms with Crippen molar-refractivity contribution < 1.29 is 27.8 Å². The minimum Gasteiger partial charge on any atom is -0.406 e. The number of fused-ring (bicyclic) bond motifs is 1. The quantitative estimate of drug-likeness (QED) is 0.600. The smallest absolute Gasteiger partial charge is 0.406 e. The molecule has 0 unspecified atom stereocenters. The van der Waals surface area contributed by atoms with E-state index in [2.05, 4.69) is 14.8 Å². The van der Waals surface area contributed by atoms with E-state index in [-0.39, 0.29) is 24.2 Å². The fourth-order valence-corrected chi connectivity index (χ4v) is 3.61. The Morgan fingerprint density at radius 1 is 1.26 bits per heavy atom. The van der Waals surface area contributed by atoms with Crippen molar-refractivity contribution in [3.8, 4) is 11.4 Å². The summed E-state index contributed by atoms with van der Waals surface area (Å²) in [7, 11) is 0. The first-order valence-electron chi connectivity index (χ1n) is 9.22. The van der Waals surface area contributed by atoms with E-state index < -0.39 is 6.36 Å². The van der Waals surface area contributed by atoms with Crippen molar-refractivity contribution in [1.29, 1.82) is 0 Å². The minimum atomic E-state index is -4.78. The third kappa shape index (κ3) is 4.35. The van der Waals surface area contributed by atoms with E-state index in [0.717, 1.165) is 0 Å². The molecule has 0 atom stereocenters. The van der Waals surface area contributed by atoms with Crippen LogP contribution in [-0.2, 0) is 4.79 Å². The maximum absolute atomic E-state index is 12.4. The van der Waals surface area contributed by atoms with Crippen molar-refractivity contribution in [3.63, 3.8) is 0 Å². The summed E-state index contributed by atoms with van der Waals surface area (Å²) in [5, 5.41) is 14.5. The Hall–Kier alpha value is -3.11. The van der Waals surface area contributed by atoms with Crippen LogP contribution in [0.15, 0.2) is 48.7 Å². The van der Waals surface area contributed by atoms with Gasteiger partial charge in [-0.1, -0.05) is 17.7 Å². The van der Waals surface area contributed by atoms with Gasteiger partial charge in [0.1, 0.15) is 5.75 Å². The Morgan fingerprint density at radius 2 is 1.97 bits per heavy atom. The number of ether oxygens (including phenoxy) is 1. The molecule has 2 aromatic heterocycles. The average Bonchev–Trinajstić information content (AvgIpc) is 3.05. The van der Waals surface area contributed by atoms with E-state index in [1.807, 2.05) is 0 Å². The Bertz CT molecular complexity index is 1140. The van der Waals surface area contributed by atoms with Crippen LogP contribution in [0.2, 0.25) is 5.02 Å². The molecule has 0 aliphatic carbocycles. The zero-order chi connectivity index (χ0) is 22.2. The molecule has 0 saturated carbocycles. The van der Waals surface area contributed by atoms with Gasteiger partial charge in [-0.3, -0.25) is 4.79 Å². The highest BCUT2D eigenvalue weighted by Gasteiger charge is 2.35. The predicted molar refractivity (Wildman–Crippen MR) is 106 cm³/mol. The van der Waals surface area contributed by atoms with E-state index >= 15 is 0 Å². The van der Waals surface area contributed by atoms with E-state index in [1.165, 1.54) is 47.3 Å². The first-order chi connectivity index (χ1) is 14.8. The number of amides is 1. The Balaban J connectivity index is 1.64. The van der Waals surface area contributed by atoms with Gasteiger partial charge in [-0.05, 0) is 30.3 Å². The molecule has 31 heavy (non-hydrogen) atoms. The molecule has 4 rings (SSSR count). The van der Waals surface area contributed by atoms with E-state index in [9.17, 15) is 18.0 Å². The number of rotatable bonds is 5. The molecule has 0 radical (unpaired) electrons. The van der Waals surface area contributed by atoms with Gasteiger partial charge < -0.3 is 14.7 Å². The van der Waals surface area contributed by atoms with Crippen molar-refractivity contribution in [3.05, 3.63) is 59.4 Å². The van der Waals surface area contributed by atoms with Crippen LogP contribution in [0.1, 0.15) is 11.6 Å². The molecule has 11 heteroatoms. The first-order valence-corrected chi connectivity index (χ1v) is 9.60. The van der Waals surface area contributed by atoms with Crippen LogP contribution in [0.5, 0.6) is 5.75 Å². The second-order valence-corrected chi connectivity index (χ2v) is 7.26. The second-order valence-electron chi connectivity index (χ2n) is 6.86. The standard InChI is InChI=1S/C20H16ClF3N4O3/c21-15-7-8-25-19-17(15)18(12-10-27(11-12)16(30)2-1-9-29)26-28(19)13-3-5-14(6-4-13)31-20(22,23)24/h1-8,12,29H,9-11H2/b2-1+. The minimum absolute atomic E-state index is 0.0789. The molecule has 0 bridgehead atoms. The zero-order valence-corrected chi connectivity index (χ0v) is 16.6. The Labute approximate surface area is 179 Å². The summed E-state index contributed by atoms with van der Waals surface area (Å²) in [5.41, 5.74) is 1.59. The number of aromatic nitrogens is 3. The fraction of sp³-hybridized carbons (Fsp3) is 0.250. The van der Waals surface area contributed by atoms with E-state index in [1.54, 1.807) is 11.0 Å². The van der Waals surface area contributed by atoms with E-state index in [0.29, 0.717) is 40.5 Å². The number of halogens is 4. The van der Waals surface area contributed by atoms with Gasteiger partial charge in [0, 0.05) is 31.3 Å². The molecule has 3 heterocycles. The molecule has 1 saturated heterocycles. The number of aliphatic hydroxyl groups is 1. The fourth-order valence-electron chi connectivity index (χ4n) is 3.38. The lowest BCUT2D eigenvalue weighted by molar-refractivity contribution is -0.274. The summed E-state index contributed by atoms with van der Waals surface area (Å²) < 4.78 is 42.6. The lowest BCUT2D eigenvalue weighted by Gasteiger charge is -2.37. The molecule has 1 aromatic carbocycles. The lowest BCUT2D eigenvalue weighted by Crippen LogP contribution is -2.48. The first kappa shape index (κ1) is 21.1. The molecule has 1 fully saturated rings. The number of carbonyl (C=O) groups excluding carboxylic acids is 1. The average molecular weight is 453 g/mol. The molecular formula is C20H16ClF3N4O3. The van der Waals surface area contributed by atoms with Crippen LogP contribution in [0.3, 0.4) is 0 Å². The maximum Gasteiger partial charge on any atom is 0.573 e.